The van der Waals surface area contributed by atoms with Crippen molar-refractivity contribution >= 4 is 21.6 Å². The van der Waals surface area contributed by atoms with E-state index in [1.54, 1.807) is 12.4 Å². The molecule has 1 rings (SSSR count). The van der Waals surface area contributed by atoms with Gasteiger partial charge in [-0.05, 0) is 34.3 Å². The number of anilines is 1. The van der Waals surface area contributed by atoms with Crippen molar-refractivity contribution in [1.29, 1.82) is 0 Å². The largest absolute Gasteiger partial charge is 0.379 e. The third kappa shape index (κ3) is 4.91. The molecule has 0 radical (unpaired) electrons. The smallest absolute Gasteiger partial charge is 0.108 e. The maximum Gasteiger partial charge on any atom is 0.108 e. The molecular formula is C12H17BrN4. The van der Waals surface area contributed by atoms with Gasteiger partial charge in [0.2, 0.25) is 0 Å². The van der Waals surface area contributed by atoms with Crippen LogP contribution < -0.4 is 10.6 Å². The van der Waals surface area contributed by atoms with E-state index in [2.05, 4.69) is 38.1 Å². The second-order valence-corrected chi connectivity index (χ2v) is 4.43. The molecule has 17 heavy (non-hydrogen) atoms. The molecule has 0 saturated carbocycles. The van der Waals surface area contributed by atoms with Crippen LogP contribution >= 0.6 is 15.9 Å². The summed E-state index contributed by atoms with van der Waals surface area (Å²) in [5, 5.41) is 6.30. The minimum absolute atomic E-state index is 0.726. The first-order valence-corrected chi connectivity index (χ1v) is 6.01. The Labute approximate surface area is 111 Å². The summed E-state index contributed by atoms with van der Waals surface area (Å²) in [6, 6.07) is 3.87. The third-order valence-electron chi connectivity index (χ3n) is 2.14. The molecule has 0 saturated heterocycles. The maximum absolute atomic E-state index is 4.08. The molecule has 0 amide bonds. The molecule has 0 aliphatic heterocycles. The van der Waals surface area contributed by atoms with E-state index >= 15 is 0 Å². The monoisotopic (exact) mass is 296 g/mol. The van der Waals surface area contributed by atoms with Crippen molar-refractivity contribution in [3.05, 3.63) is 47.6 Å². The Morgan fingerprint density at radius 2 is 2.35 bits per heavy atom. The highest BCUT2D eigenvalue weighted by Crippen LogP contribution is 2.13. The lowest BCUT2D eigenvalue weighted by molar-refractivity contribution is 0.503. The highest BCUT2D eigenvalue weighted by atomic mass is 79.9. The molecule has 1 heterocycles. The van der Waals surface area contributed by atoms with E-state index in [1.165, 1.54) is 0 Å². The summed E-state index contributed by atoms with van der Waals surface area (Å²) in [5.74, 6) is 0. The van der Waals surface area contributed by atoms with Crippen molar-refractivity contribution in [2.24, 2.45) is 0 Å². The van der Waals surface area contributed by atoms with Gasteiger partial charge in [0.15, 0.2) is 0 Å². The van der Waals surface area contributed by atoms with E-state index in [9.17, 15) is 0 Å². The van der Waals surface area contributed by atoms with Gasteiger partial charge in [-0.3, -0.25) is 0 Å². The van der Waals surface area contributed by atoms with Gasteiger partial charge in [-0.15, -0.1) is 0 Å². The van der Waals surface area contributed by atoms with Crippen molar-refractivity contribution in [2.45, 2.75) is 0 Å². The van der Waals surface area contributed by atoms with Gasteiger partial charge in [-0.25, -0.2) is 4.98 Å². The summed E-state index contributed by atoms with van der Waals surface area (Å²) < 4.78 is 0.821. The molecule has 0 unspecified atom stereocenters. The maximum atomic E-state index is 4.08. The van der Waals surface area contributed by atoms with E-state index in [-0.39, 0.29) is 0 Å². The van der Waals surface area contributed by atoms with Crippen LogP contribution in [0, 0.1) is 0 Å². The van der Waals surface area contributed by atoms with Gasteiger partial charge in [0, 0.05) is 37.9 Å². The summed E-state index contributed by atoms with van der Waals surface area (Å²) >= 11 is 3.34. The van der Waals surface area contributed by atoms with Crippen molar-refractivity contribution in [3.63, 3.8) is 0 Å². The van der Waals surface area contributed by atoms with Crippen molar-refractivity contribution in [2.75, 3.05) is 26.0 Å². The van der Waals surface area contributed by atoms with Crippen molar-refractivity contribution < 1.29 is 0 Å². The van der Waals surface area contributed by atoms with Gasteiger partial charge in [0.25, 0.3) is 0 Å². The van der Waals surface area contributed by atoms with E-state index in [4.69, 9.17) is 0 Å². The number of halogens is 1. The second kappa shape index (κ2) is 6.96. The quantitative estimate of drug-likeness (QED) is 0.791. The number of hydrogen-bond acceptors (Lipinski definition) is 4. The van der Waals surface area contributed by atoms with Crippen LogP contribution in [0.4, 0.5) is 5.69 Å². The van der Waals surface area contributed by atoms with E-state index in [0.29, 0.717) is 0 Å². The van der Waals surface area contributed by atoms with Crippen LogP contribution in [0.2, 0.25) is 0 Å². The highest BCUT2D eigenvalue weighted by molar-refractivity contribution is 9.10. The molecule has 5 heteroatoms. The van der Waals surface area contributed by atoms with Crippen LogP contribution in [0.1, 0.15) is 0 Å². The Hall–Kier alpha value is -1.49. The molecule has 1 aromatic heterocycles. The van der Waals surface area contributed by atoms with Crippen LogP contribution in [-0.4, -0.2) is 30.5 Å². The number of aromatic nitrogens is 1. The predicted molar refractivity (Wildman–Crippen MR) is 75.5 cm³/mol. The lowest BCUT2D eigenvalue weighted by Crippen LogP contribution is -2.20. The van der Waals surface area contributed by atoms with E-state index < -0.39 is 0 Å². The summed E-state index contributed by atoms with van der Waals surface area (Å²) in [6.07, 6.45) is 5.32. The number of hydrogen-bond donors (Lipinski definition) is 2. The molecule has 0 spiro atoms. The van der Waals surface area contributed by atoms with Gasteiger partial charge >= 0.3 is 0 Å². The summed E-state index contributed by atoms with van der Waals surface area (Å²) in [7, 11) is 4.00. The Kier molecular flexibility index (Phi) is 5.56. The van der Waals surface area contributed by atoms with Crippen LogP contribution in [0.5, 0.6) is 0 Å². The van der Waals surface area contributed by atoms with Gasteiger partial charge < -0.3 is 15.5 Å². The molecule has 1 aromatic rings. The Bertz CT molecular complexity index is 401. The number of nitrogens with zero attached hydrogens (tertiary/aromatic N) is 2. The fourth-order valence-electron chi connectivity index (χ4n) is 1.20. The zero-order valence-electron chi connectivity index (χ0n) is 10.1. The summed E-state index contributed by atoms with van der Waals surface area (Å²) in [6.45, 7) is 4.34. The van der Waals surface area contributed by atoms with Crippen molar-refractivity contribution in [1.82, 2.24) is 15.2 Å². The molecule has 92 valence electrons. The van der Waals surface area contributed by atoms with Gasteiger partial charge in [0.1, 0.15) is 4.60 Å². The van der Waals surface area contributed by atoms with E-state index in [0.717, 1.165) is 22.5 Å². The summed E-state index contributed by atoms with van der Waals surface area (Å²) in [5.41, 5.74) is 2.15. The van der Waals surface area contributed by atoms with Gasteiger partial charge in [-0.2, -0.15) is 0 Å². The molecule has 2 N–H and O–H groups in total. The normalized spacial score (nSPS) is 10.9. The average molecular weight is 297 g/mol. The zero-order valence-corrected chi connectivity index (χ0v) is 11.7. The predicted octanol–water partition coefficient (Wildman–Crippen LogP) is 2.39. The Balaban J connectivity index is 2.60. The minimum Gasteiger partial charge on any atom is -0.379 e. The third-order valence-corrected chi connectivity index (χ3v) is 2.58. The standard InChI is InChI=1S/C12H17BrN4/c1-4-14-8-11(17(2)3)9-16-10-5-6-15-12(13)7-10/h4-8,14H,1,9H2,2-3H3,(H,15,16)/b11-8-. The first-order chi connectivity index (χ1) is 8.13. The highest BCUT2D eigenvalue weighted by Gasteiger charge is 2.00. The number of pyridine rings is 1. The minimum atomic E-state index is 0.726. The van der Waals surface area contributed by atoms with Gasteiger partial charge in [-0.1, -0.05) is 6.58 Å². The molecule has 0 aliphatic carbocycles. The summed E-state index contributed by atoms with van der Waals surface area (Å²) in [4.78, 5) is 6.12. The first kappa shape index (κ1) is 13.6. The van der Waals surface area contributed by atoms with Crippen LogP contribution in [0.15, 0.2) is 47.6 Å². The van der Waals surface area contributed by atoms with Crippen LogP contribution in [0.25, 0.3) is 0 Å². The second-order valence-electron chi connectivity index (χ2n) is 3.62. The fraction of sp³-hybridized carbons (Fsp3) is 0.250. The SMILES string of the molecule is C=CN/C=C(/CNc1ccnc(Br)c1)N(C)C. The van der Waals surface area contributed by atoms with Gasteiger partial charge in [0.05, 0.1) is 6.54 Å². The number of likely N-dealkylation sites (N-methyl/N-ethyl adjacent to an activating group) is 1. The van der Waals surface area contributed by atoms with Crippen LogP contribution in [0.3, 0.4) is 0 Å². The number of nitrogens with one attached hydrogen (secondary N) is 2. The first-order valence-electron chi connectivity index (χ1n) is 5.22. The molecule has 0 atom stereocenters. The topological polar surface area (TPSA) is 40.2 Å². The molecule has 4 nitrogen and oxygen atoms in total. The molecular weight excluding hydrogens is 280 g/mol. The zero-order chi connectivity index (χ0) is 12.7. The molecule has 0 bridgehead atoms. The fourth-order valence-corrected chi connectivity index (χ4v) is 1.56. The number of rotatable bonds is 6. The van der Waals surface area contributed by atoms with Crippen LogP contribution in [-0.2, 0) is 0 Å². The van der Waals surface area contributed by atoms with E-state index in [1.807, 2.05) is 37.3 Å². The molecule has 0 aromatic carbocycles. The lowest BCUT2D eigenvalue weighted by Gasteiger charge is -2.18. The molecule has 0 fully saturated rings. The average Bonchev–Trinajstić information content (AvgIpc) is 2.28. The lowest BCUT2D eigenvalue weighted by atomic mass is 10.3. The molecule has 0 aliphatic rings. The Morgan fingerprint density at radius 3 is 2.94 bits per heavy atom. The van der Waals surface area contributed by atoms with Crippen molar-refractivity contribution in [3.8, 4) is 0 Å². The Morgan fingerprint density at radius 1 is 1.59 bits per heavy atom.